The third kappa shape index (κ3) is 4.42. The lowest BCUT2D eigenvalue weighted by Gasteiger charge is -2.09. The average Bonchev–Trinajstić information content (AvgIpc) is 2.42. The molecule has 0 unspecified atom stereocenters. The van der Waals surface area contributed by atoms with Crippen LogP contribution in [0.1, 0.15) is 6.42 Å². The Morgan fingerprint density at radius 3 is 2.65 bits per heavy atom. The van der Waals surface area contributed by atoms with Gasteiger partial charge >= 0.3 is 0 Å². The van der Waals surface area contributed by atoms with Crippen LogP contribution in [0, 0.1) is 5.82 Å². The maximum atomic E-state index is 13.0. The summed E-state index contributed by atoms with van der Waals surface area (Å²) in [5, 5.41) is 0. The minimum atomic E-state index is -0.320. The standard InChI is InChI=1S/C15H15BrFNO2/c16-14-6-5-11(17)9-15(14)20-8-2-7-19-13-4-1-3-12(18)10-13/h1,3-6,9-10H,2,7-8,18H2. The first-order chi connectivity index (χ1) is 9.65. The number of ether oxygens (including phenoxy) is 2. The van der Waals surface area contributed by atoms with E-state index in [1.54, 1.807) is 18.2 Å². The Morgan fingerprint density at radius 1 is 1.05 bits per heavy atom. The zero-order valence-corrected chi connectivity index (χ0v) is 12.4. The van der Waals surface area contributed by atoms with Gasteiger partial charge in [-0.25, -0.2) is 4.39 Å². The molecule has 0 radical (unpaired) electrons. The highest BCUT2D eigenvalue weighted by Gasteiger charge is 2.02. The molecule has 0 aromatic heterocycles. The first-order valence-corrected chi connectivity index (χ1v) is 7.00. The molecule has 0 aliphatic carbocycles. The maximum absolute atomic E-state index is 13.0. The van der Waals surface area contributed by atoms with E-state index in [-0.39, 0.29) is 5.82 Å². The number of anilines is 1. The van der Waals surface area contributed by atoms with Crippen molar-refractivity contribution < 1.29 is 13.9 Å². The molecule has 0 atom stereocenters. The van der Waals surface area contributed by atoms with Crippen LogP contribution in [0.25, 0.3) is 0 Å². The van der Waals surface area contributed by atoms with E-state index in [2.05, 4.69) is 15.9 Å². The molecule has 0 aliphatic heterocycles. The SMILES string of the molecule is Nc1cccc(OCCCOc2cc(F)ccc2Br)c1. The molecular formula is C15H15BrFNO2. The van der Waals surface area contributed by atoms with E-state index >= 15 is 0 Å². The van der Waals surface area contributed by atoms with Crippen molar-refractivity contribution in [2.24, 2.45) is 0 Å². The van der Waals surface area contributed by atoms with Crippen LogP contribution in [0.4, 0.5) is 10.1 Å². The maximum Gasteiger partial charge on any atom is 0.136 e. The van der Waals surface area contributed by atoms with Gasteiger partial charge in [0.25, 0.3) is 0 Å². The fourth-order valence-corrected chi connectivity index (χ4v) is 1.98. The first kappa shape index (κ1) is 14.7. The van der Waals surface area contributed by atoms with Gasteiger partial charge in [0.2, 0.25) is 0 Å². The molecular weight excluding hydrogens is 325 g/mol. The van der Waals surface area contributed by atoms with E-state index in [1.807, 2.05) is 12.1 Å². The zero-order chi connectivity index (χ0) is 14.4. The molecule has 0 bridgehead atoms. The third-order valence-electron chi connectivity index (χ3n) is 2.57. The van der Waals surface area contributed by atoms with Gasteiger partial charge in [-0.15, -0.1) is 0 Å². The highest BCUT2D eigenvalue weighted by atomic mass is 79.9. The highest BCUT2D eigenvalue weighted by Crippen LogP contribution is 2.25. The van der Waals surface area contributed by atoms with Crippen molar-refractivity contribution in [2.75, 3.05) is 18.9 Å². The Balaban J connectivity index is 1.73. The van der Waals surface area contributed by atoms with E-state index in [0.717, 1.165) is 10.2 Å². The van der Waals surface area contributed by atoms with Gasteiger partial charge in [0.1, 0.15) is 17.3 Å². The monoisotopic (exact) mass is 339 g/mol. The second-order valence-corrected chi connectivity index (χ2v) is 5.05. The van der Waals surface area contributed by atoms with Gasteiger partial charge in [-0.3, -0.25) is 0 Å². The van der Waals surface area contributed by atoms with E-state index in [9.17, 15) is 4.39 Å². The molecule has 5 heteroatoms. The van der Waals surface area contributed by atoms with Gasteiger partial charge in [0.15, 0.2) is 0 Å². The summed E-state index contributed by atoms with van der Waals surface area (Å²) >= 11 is 3.31. The molecule has 2 N–H and O–H groups in total. The molecule has 0 heterocycles. The fraction of sp³-hybridized carbons (Fsp3) is 0.200. The lowest BCUT2D eigenvalue weighted by Crippen LogP contribution is -2.05. The van der Waals surface area contributed by atoms with Crippen LogP contribution in [0.15, 0.2) is 46.9 Å². The van der Waals surface area contributed by atoms with E-state index in [0.29, 0.717) is 31.1 Å². The fourth-order valence-electron chi connectivity index (χ4n) is 1.62. The Bertz CT molecular complexity index is 578. The van der Waals surface area contributed by atoms with Gasteiger partial charge in [0.05, 0.1) is 17.7 Å². The number of nitrogens with two attached hydrogens (primary N) is 1. The summed E-state index contributed by atoms with van der Waals surface area (Å²) in [6, 6.07) is 11.6. The summed E-state index contributed by atoms with van der Waals surface area (Å²) in [4.78, 5) is 0. The smallest absolute Gasteiger partial charge is 0.136 e. The van der Waals surface area contributed by atoms with Crippen LogP contribution in [-0.2, 0) is 0 Å². The molecule has 0 saturated carbocycles. The summed E-state index contributed by atoms with van der Waals surface area (Å²) < 4.78 is 24.8. The van der Waals surface area contributed by atoms with Crippen molar-refractivity contribution >= 4 is 21.6 Å². The topological polar surface area (TPSA) is 44.5 Å². The number of hydrogen-bond acceptors (Lipinski definition) is 3. The van der Waals surface area contributed by atoms with E-state index < -0.39 is 0 Å². The molecule has 2 rings (SSSR count). The average molecular weight is 340 g/mol. The van der Waals surface area contributed by atoms with Crippen LogP contribution in [0.5, 0.6) is 11.5 Å². The van der Waals surface area contributed by atoms with Gasteiger partial charge in [0, 0.05) is 24.2 Å². The summed E-state index contributed by atoms with van der Waals surface area (Å²) in [6.45, 7) is 0.959. The van der Waals surface area contributed by atoms with Crippen molar-refractivity contribution in [2.45, 2.75) is 6.42 Å². The Labute approximate surface area is 125 Å². The van der Waals surface area contributed by atoms with Gasteiger partial charge in [-0.2, -0.15) is 0 Å². The third-order valence-corrected chi connectivity index (χ3v) is 3.22. The summed E-state index contributed by atoms with van der Waals surface area (Å²) in [6.07, 6.45) is 0.692. The Morgan fingerprint density at radius 2 is 1.85 bits per heavy atom. The second-order valence-electron chi connectivity index (χ2n) is 4.20. The first-order valence-electron chi connectivity index (χ1n) is 6.21. The molecule has 20 heavy (non-hydrogen) atoms. The van der Waals surface area contributed by atoms with Gasteiger partial charge < -0.3 is 15.2 Å². The molecule has 2 aromatic rings. The summed E-state index contributed by atoms with van der Waals surface area (Å²) in [7, 11) is 0. The quantitative estimate of drug-likeness (QED) is 0.638. The van der Waals surface area contributed by atoms with Crippen LogP contribution < -0.4 is 15.2 Å². The molecule has 0 fully saturated rings. The van der Waals surface area contributed by atoms with Crippen molar-refractivity contribution in [3.8, 4) is 11.5 Å². The predicted octanol–water partition coefficient (Wildman–Crippen LogP) is 4.02. The largest absolute Gasteiger partial charge is 0.493 e. The summed E-state index contributed by atoms with van der Waals surface area (Å²) in [5.74, 6) is 0.908. The minimum absolute atomic E-state index is 0.320. The lowest BCUT2D eigenvalue weighted by molar-refractivity contribution is 0.246. The van der Waals surface area contributed by atoms with Crippen molar-refractivity contribution in [3.05, 3.63) is 52.8 Å². The second kappa shape index (κ2) is 7.14. The lowest BCUT2D eigenvalue weighted by atomic mass is 10.3. The number of rotatable bonds is 6. The van der Waals surface area contributed by atoms with Gasteiger partial charge in [-0.1, -0.05) is 6.07 Å². The number of halogens is 2. The molecule has 106 valence electrons. The Kier molecular flexibility index (Phi) is 5.24. The number of hydrogen-bond donors (Lipinski definition) is 1. The molecule has 0 amide bonds. The number of nitrogen functional groups attached to an aromatic ring is 1. The molecule has 2 aromatic carbocycles. The molecule has 0 aliphatic rings. The van der Waals surface area contributed by atoms with E-state index in [1.165, 1.54) is 12.1 Å². The van der Waals surface area contributed by atoms with Crippen LogP contribution in [-0.4, -0.2) is 13.2 Å². The molecule has 3 nitrogen and oxygen atoms in total. The highest BCUT2D eigenvalue weighted by molar-refractivity contribution is 9.10. The minimum Gasteiger partial charge on any atom is -0.493 e. The molecule has 0 spiro atoms. The zero-order valence-electron chi connectivity index (χ0n) is 10.8. The molecule has 0 saturated heterocycles. The van der Waals surface area contributed by atoms with Crippen LogP contribution >= 0.6 is 15.9 Å². The van der Waals surface area contributed by atoms with Crippen LogP contribution in [0.3, 0.4) is 0 Å². The van der Waals surface area contributed by atoms with Crippen molar-refractivity contribution in [1.82, 2.24) is 0 Å². The number of benzene rings is 2. The normalized spacial score (nSPS) is 10.3. The van der Waals surface area contributed by atoms with Crippen LogP contribution in [0.2, 0.25) is 0 Å². The van der Waals surface area contributed by atoms with E-state index in [4.69, 9.17) is 15.2 Å². The van der Waals surface area contributed by atoms with Gasteiger partial charge in [-0.05, 0) is 40.2 Å². The Hall–Kier alpha value is -1.75. The predicted molar refractivity (Wildman–Crippen MR) is 80.6 cm³/mol. The van der Waals surface area contributed by atoms with Crippen molar-refractivity contribution in [3.63, 3.8) is 0 Å². The van der Waals surface area contributed by atoms with Crippen molar-refractivity contribution in [1.29, 1.82) is 0 Å². The summed E-state index contributed by atoms with van der Waals surface area (Å²) in [5.41, 5.74) is 6.32.